The molecule has 1 aliphatic carbocycles. The Morgan fingerprint density at radius 2 is 1.61 bits per heavy atom. The molecule has 1 N–H and O–H groups in total. The minimum absolute atomic E-state index is 0.00660. The first-order valence-corrected chi connectivity index (χ1v) is 9.97. The van der Waals surface area contributed by atoms with Gasteiger partial charge in [0.05, 0.1) is 5.56 Å². The number of nitrogens with zero attached hydrogens (tertiary/aromatic N) is 2. The second-order valence-electron chi connectivity index (χ2n) is 7.95. The standard InChI is InChI=1S/C23H26N2O3/c1-16-13-19(16)22(27)24-9-11-25(12-10-24)23(28)20-15-18(7-8-21(20)26)14-17-5-3-2-4-6-17/h2-8,15-16,19,26H,9-14H2,1H3/t16-,19+/m1/s1. The lowest BCUT2D eigenvalue weighted by Gasteiger charge is -2.35. The number of hydrogen-bond donors (Lipinski definition) is 1. The maximum Gasteiger partial charge on any atom is 0.257 e. The molecule has 1 heterocycles. The Kier molecular flexibility index (Phi) is 5.07. The first-order chi connectivity index (χ1) is 13.5. The van der Waals surface area contributed by atoms with Crippen LogP contribution in [0, 0.1) is 11.8 Å². The third-order valence-corrected chi connectivity index (χ3v) is 5.85. The molecule has 146 valence electrons. The highest BCUT2D eigenvalue weighted by molar-refractivity contribution is 5.97. The van der Waals surface area contributed by atoms with Gasteiger partial charge in [0.25, 0.3) is 5.91 Å². The summed E-state index contributed by atoms with van der Waals surface area (Å²) in [5, 5.41) is 10.2. The zero-order valence-electron chi connectivity index (χ0n) is 16.2. The van der Waals surface area contributed by atoms with Gasteiger partial charge in [0.15, 0.2) is 0 Å². The average molecular weight is 378 g/mol. The van der Waals surface area contributed by atoms with Crippen LogP contribution in [-0.4, -0.2) is 52.9 Å². The molecule has 2 aromatic rings. The Hall–Kier alpha value is -2.82. The van der Waals surface area contributed by atoms with Gasteiger partial charge in [-0.15, -0.1) is 0 Å². The summed E-state index contributed by atoms with van der Waals surface area (Å²) in [7, 11) is 0. The molecule has 2 amide bonds. The van der Waals surface area contributed by atoms with E-state index in [1.165, 1.54) is 0 Å². The normalized spacial score (nSPS) is 21.5. The van der Waals surface area contributed by atoms with Crippen molar-refractivity contribution >= 4 is 11.8 Å². The molecule has 2 fully saturated rings. The predicted molar refractivity (Wildman–Crippen MR) is 107 cm³/mol. The van der Waals surface area contributed by atoms with Crippen LogP contribution in [0.2, 0.25) is 0 Å². The zero-order chi connectivity index (χ0) is 19.7. The molecule has 1 saturated carbocycles. The summed E-state index contributed by atoms with van der Waals surface area (Å²) in [6, 6.07) is 15.3. The molecule has 5 heteroatoms. The van der Waals surface area contributed by atoms with Crippen molar-refractivity contribution in [1.82, 2.24) is 9.80 Å². The minimum Gasteiger partial charge on any atom is -0.507 e. The van der Waals surface area contributed by atoms with Gasteiger partial charge >= 0.3 is 0 Å². The molecule has 2 atom stereocenters. The van der Waals surface area contributed by atoms with Crippen molar-refractivity contribution in [2.75, 3.05) is 26.2 Å². The number of amides is 2. The van der Waals surface area contributed by atoms with Crippen molar-refractivity contribution in [1.29, 1.82) is 0 Å². The van der Waals surface area contributed by atoms with E-state index in [2.05, 4.69) is 6.92 Å². The fraction of sp³-hybridized carbons (Fsp3) is 0.391. The Morgan fingerprint density at radius 1 is 0.964 bits per heavy atom. The Labute approximate surface area is 165 Å². The first-order valence-electron chi connectivity index (χ1n) is 9.97. The lowest BCUT2D eigenvalue weighted by molar-refractivity contribution is -0.134. The highest BCUT2D eigenvalue weighted by Gasteiger charge is 2.42. The molecular formula is C23H26N2O3. The molecule has 0 radical (unpaired) electrons. The van der Waals surface area contributed by atoms with Crippen molar-refractivity contribution in [2.45, 2.75) is 19.8 Å². The van der Waals surface area contributed by atoms with Gasteiger partial charge < -0.3 is 14.9 Å². The largest absolute Gasteiger partial charge is 0.507 e. The van der Waals surface area contributed by atoms with Crippen molar-refractivity contribution in [3.63, 3.8) is 0 Å². The lowest BCUT2D eigenvalue weighted by atomic mass is 10.0. The molecule has 2 aliphatic rings. The summed E-state index contributed by atoms with van der Waals surface area (Å²) >= 11 is 0. The highest BCUT2D eigenvalue weighted by Crippen LogP contribution is 2.39. The molecule has 5 nitrogen and oxygen atoms in total. The second-order valence-corrected chi connectivity index (χ2v) is 7.95. The quantitative estimate of drug-likeness (QED) is 0.890. The van der Waals surface area contributed by atoms with Crippen LogP contribution in [0.15, 0.2) is 48.5 Å². The summed E-state index contributed by atoms with van der Waals surface area (Å²) in [5.41, 5.74) is 2.49. The average Bonchev–Trinajstić information content (AvgIpc) is 3.46. The maximum atomic E-state index is 13.0. The maximum absolute atomic E-state index is 13.0. The van der Waals surface area contributed by atoms with Crippen LogP contribution in [0.25, 0.3) is 0 Å². The van der Waals surface area contributed by atoms with Crippen molar-refractivity contribution in [3.8, 4) is 5.75 Å². The van der Waals surface area contributed by atoms with E-state index in [0.717, 1.165) is 17.5 Å². The number of benzene rings is 2. The number of carbonyl (C=O) groups excluding carboxylic acids is 2. The molecule has 0 aromatic heterocycles. The van der Waals surface area contributed by atoms with E-state index >= 15 is 0 Å². The molecule has 1 saturated heterocycles. The van der Waals surface area contributed by atoms with Gasteiger partial charge in [0, 0.05) is 32.1 Å². The molecule has 28 heavy (non-hydrogen) atoms. The number of phenolic OH excluding ortho intramolecular Hbond substituents is 1. The Morgan fingerprint density at radius 3 is 2.25 bits per heavy atom. The predicted octanol–water partition coefficient (Wildman–Crippen LogP) is 2.92. The van der Waals surface area contributed by atoms with E-state index < -0.39 is 0 Å². The summed E-state index contributed by atoms with van der Waals surface area (Å²) in [6.07, 6.45) is 1.70. The zero-order valence-corrected chi connectivity index (χ0v) is 16.2. The van der Waals surface area contributed by atoms with Crippen LogP contribution in [0.3, 0.4) is 0 Å². The van der Waals surface area contributed by atoms with Crippen molar-refractivity contribution in [3.05, 3.63) is 65.2 Å². The topological polar surface area (TPSA) is 60.9 Å². The first kappa shape index (κ1) is 18.5. The van der Waals surface area contributed by atoms with Gasteiger partial charge in [-0.3, -0.25) is 9.59 Å². The number of rotatable bonds is 4. The van der Waals surface area contributed by atoms with E-state index in [-0.39, 0.29) is 23.5 Å². The van der Waals surface area contributed by atoms with Crippen LogP contribution in [0.1, 0.15) is 34.8 Å². The van der Waals surface area contributed by atoms with Gasteiger partial charge in [-0.05, 0) is 42.0 Å². The number of carbonyl (C=O) groups is 2. The van der Waals surface area contributed by atoms with Gasteiger partial charge in [-0.25, -0.2) is 0 Å². The third kappa shape index (κ3) is 3.88. The van der Waals surface area contributed by atoms with Gasteiger partial charge in [0.1, 0.15) is 5.75 Å². The van der Waals surface area contributed by atoms with Gasteiger partial charge in [-0.2, -0.15) is 0 Å². The molecule has 0 bridgehead atoms. The third-order valence-electron chi connectivity index (χ3n) is 5.85. The van der Waals surface area contributed by atoms with E-state index in [9.17, 15) is 14.7 Å². The number of phenols is 1. The molecule has 1 aliphatic heterocycles. The number of hydrogen-bond acceptors (Lipinski definition) is 3. The molecule has 2 aromatic carbocycles. The Bertz CT molecular complexity index is 873. The minimum atomic E-state index is -0.167. The van der Waals surface area contributed by atoms with E-state index in [1.54, 1.807) is 17.0 Å². The van der Waals surface area contributed by atoms with Crippen LogP contribution in [0.4, 0.5) is 0 Å². The molecule has 4 rings (SSSR count). The Balaban J connectivity index is 1.42. The monoisotopic (exact) mass is 378 g/mol. The summed E-state index contributed by atoms with van der Waals surface area (Å²) in [6.45, 7) is 4.26. The summed E-state index contributed by atoms with van der Waals surface area (Å²) in [4.78, 5) is 29.0. The van der Waals surface area contributed by atoms with E-state index in [4.69, 9.17) is 0 Å². The smallest absolute Gasteiger partial charge is 0.257 e. The summed E-state index contributed by atoms with van der Waals surface area (Å²) in [5.74, 6) is 0.746. The van der Waals surface area contributed by atoms with Crippen LogP contribution < -0.4 is 0 Å². The second kappa shape index (κ2) is 7.66. The van der Waals surface area contributed by atoms with Crippen LogP contribution in [-0.2, 0) is 11.2 Å². The number of aromatic hydroxyl groups is 1. The van der Waals surface area contributed by atoms with E-state index in [1.807, 2.05) is 41.3 Å². The molecule has 0 unspecified atom stereocenters. The van der Waals surface area contributed by atoms with Gasteiger partial charge in [0.2, 0.25) is 5.91 Å². The van der Waals surface area contributed by atoms with Gasteiger partial charge in [-0.1, -0.05) is 43.3 Å². The fourth-order valence-electron chi connectivity index (χ4n) is 3.90. The molecular weight excluding hydrogens is 352 g/mol. The molecule has 0 spiro atoms. The van der Waals surface area contributed by atoms with E-state index in [0.29, 0.717) is 44.1 Å². The van der Waals surface area contributed by atoms with Crippen molar-refractivity contribution in [2.24, 2.45) is 11.8 Å². The van der Waals surface area contributed by atoms with Crippen LogP contribution in [0.5, 0.6) is 5.75 Å². The SMILES string of the molecule is C[C@@H]1C[C@@H]1C(=O)N1CCN(C(=O)c2cc(Cc3ccccc3)ccc2O)CC1. The highest BCUT2D eigenvalue weighted by atomic mass is 16.3. The fourth-order valence-corrected chi connectivity index (χ4v) is 3.90. The van der Waals surface area contributed by atoms with Crippen molar-refractivity contribution < 1.29 is 14.7 Å². The number of piperazine rings is 1. The summed E-state index contributed by atoms with van der Waals surface area (Å²) < 4.78 is 0. The van der Waals surface area contributed by atoms with Crippen LogP contribution >= 0.6 is 0 Å². The lowest BCUT2D eigenvalue weighted by Crippen LogP contribution is -2.51.